The number of amides is 2. The molecule has 27 heavy (non-hydrogen) atoms. The normalized spacial score (nSPS) is 9.70. The second-order valence-electron chi connectivity index (χ2n) is 5.38. The lowest BCUT2D eigenvalue weighted by Gasteiger charge is -2.09. The fourth-order valence-electron chi connectivity index (χ4n) is 2.07. The van der Waals surface area contributed by atoms with E-state index in [2.05, 4.69) is 20.1 Å². The Morgan fingerprint density at radius 2 is 1.11 bits per heavy atom. The Morgan fingerprint density at radius 1 is 0.741 bits per heavy atom. The van der Waals surface area contributed by atoms with E-state index >= 15 is 0 Å². The van der Waals surface area contributed by atoms with Gasteiger partial charge in [-0.1, -0.05) is 24.3 Å². The van der Waals surface area contributed by atoms with E-state index in [0.717, 1.165) is 11.1 Å². The second-order valence-corrected chi connectivity index (χ2v) is 5.38. The SMILES string of the molecule is COC(=O)NCc1ccc(OBOc2ccc(CNC(=O)OC)cc2)cc1. The van der Waals surface area contributed by atoms with Gasteiger partial charge in [-0.05, 0) is 35.4 Å². The summed E-state index contributed by atoms with van der Waals surface area (Å²) in [6, 6.07) is 14.5. The first-order valence-corrected chi connectivity index (χ1v) is 8.18. The van der Waals surface area contributed by atoms with Crippen LogP contribution in [-0.2, 0) is 22.6 Å². The summed E-state index contributed by atoms with van der Waals surface area (Å²) in [7, 11) is 2.69. The molecule has 0 aliphatic rings. The third kappa shape index (κ3) is 7.19. The summed E-state index contributed by atoms with van der Waals surface area (Å²) in [6.07, 6.45) is -0.952. The van der Waals surface area contributed by atoms with Gasteiger partial charge in [-0.15, -0.1) is 0 Å². The zero-order chi connectivity index (χ0) is 19.5. The van der Waals surface area contributed by atoms with Crippen molar-refractivity contribution in [3.63, 3.8) is 0 Å². The molecule has 0 bridgehead atoms. The molecule has 2 aromatic carbocycles. The highest BCUT2D eigenvalue weighted by molar-refractivity contribution is 6.20. The zero-order valence-corrected chi connectivity index (χ0v) is 15.2. The standard InChI is InChI=1S/C18H21BN2O6/c1-24-17(22)20-11-13-3-7-15(8-4-13)26-19-27-16-9-5-14(6-10-16)12-21-18(23)25-2/h3-10,19H,11-12H2,1-2H3,(H,20,22)(H,21,23). The molecule has 2 N–H and O–H groups in total. The molecule has 142 valence electrons. The molecule has 8 nitrogen and oxygen atoms in total. The Bertz CT molecular complexity index is 673. The molecule has 0 aliphatic heterocycles. The molecule has 2 aromatic rings. The summed E-state index contributed by atoms with van der Waals surface area (Å²) < 4.78 is 20.1. The van der Waals surface area contributed by atoms with Crippen LogP contribution in [0.15, 0.2) is 48.5 Å². The van der Waals surface area contributed by atoms with Gasteiger partial charge in [0, 0.05) is 13.1 Å². The van der Waals surface area contributed by atoms with Crippen molar-refractivity contribution in [2.45, 2.75) is 13.1 Å². The van der Waals surface area contributed by atoms with Crippen molar-refractivity contribution in [2.24, 2.45) is 0 Å². The maximum Gasteiger partial charge on any atom is 0.576 e. The monoisotopic (exact) mass is 372 g/mol. The molecule has 0 spiro atoms. The number of carbonyl (C=O) groups excluding carboxylic acids is 2. The lowest BCUT2D eigenvalue weighted by atomic mass is 10.2. The minimum Gasteiger partial charge on any atom is -0.529 e. The second kappa shape index (κ2) is 10.6. The fraction of sp³-hybridized carbons (Fsp3) is 0.222. The molecule has 0 saturated heterocycles. The van der Waals surface area contributed by atoms with Crippen molar-refractivity contribution in [1.29, 1.82) is 0 Å². The van der Waals surface area contributed by atoms with Gasteiger partial charge in [-0.2, -0.15) is 0 Å². The van der Waals surface area contributed by atoms with E-state index < -0.39 is 12.2 Å². The molecule has 0 heterocycles. The van der Waals surface area contributed by atoms with Crippen LogP contribution in [0, 0.1) is 0 Å². The number of alkyl carbamates (subject to hydrolysis) is 2. The number of carbonyl (C=O) groups is 2. The van der Waals surface area contributed by atoms with E-state index in [1.807, 2.05) is 24.3 Å². The highest BCUT2D eigenvalue weighted by atomic mass is 16.6. The van der Waals surface area contributed by atoms with Crippen LogP contribution in [0.3, 0.4) is 0 Å². The number of nitrogens with one attached hydrogen (secondary N) is 2. The average molecular weight is 372 g/mol. The van der Waals surface area contributed by atoms with Gasteiger partial charge in [-0.3, -0.25) is 0 Å². The van der Waals surface area contributed by atoms with E-state index in [0.29, 0.717) is 24.6 Å². The summed E-state index contributed by atoms with van der Waals surface area (Å²) in [5, 5.41) is 5.20. The topological polar surface area (TPSA) is 95.1 Å². The number of hydrogen-bond acceptors (Lipinski definition) is 6. The number of rotatable bonds is 8. The molecule has 2 rings (SSSR count). The molecule has 0 fully saturated rings. The van der Waals surface area contributed by atoms with Crippen molar-refractivity contribution in [1.82, 2.24) is 10.6 Å². The van der Waals surface area contributed by atoms with E-state index in [9.17, 15) is 9.59 Å². The predicted octanol–water partition coefficient (Wildman–Crippen LogP) is 2.12. The Morgan fingerprint density at radius 3 is 1.44 bits per heavy atom. The molecule has 0 saturated carbocycles. The van der Waals surface area contributed by atoms with Crippen LogP contribution in [0.5, 0.6) is 11.5 Å². The molecule has 0 aromatic heterocycles. The number of benzene rings is 2. The third-order valence-corrected chi connectivity index (χ3v) is 3.54. The van der Waals surface area contributed by atoms with Crippen LogP contribution < -0.4 is 19.9 Å². The van der Waals surface area contributed by atoms with Gasteiger partial charge < -0.3 is 29.4 Å². The lowest BCUT2D eigenvalue weighted by Crippen LogP contribution is -2.22. The largest absolute Gasteiger partial charge is 0.576 e. The zero-order valence-electron chi connectivity index (χ0n) is 15.2. The highest BCUT2D eigenvalue weighted by Gasteiger charge is 2.03. The Labute approximate surface area is 158 Å². The van der Waals surface area contributed by atoms with Crippen molar-refractivity contribution < 1.29 is 28.4 Å². The minimum absolute atomic E-state index is 0.0551. The first-order valence-electron chi connectivity index (χ1n) is 8.18. The molecule has 9 heteroatoms. The molecule has 0 unspecified atom stereocenters. The van der Waals surface area contributed by atoms with E-state index in [1.54, 1.807) is 24.3 Å². The summed E-state index contributed by atoms with van der Waals surface area (Å²) in [6.45, 7) is 0.751. The Kier molecular flexibility index (Phi) is 7.83. The van der Waals surface area contributed by atoms with Crippen LogP contribution in [0.1, 0.15) is 11.1 Å². The van der Waals surface area contributed by atoms with Gasteiger partial charge in [0.15, 0.2) is 0 Å². The number of ether oxygens (including phenoxy) is 2. The molecule has 0 radical (unpaired) electrons. The van der Waals surface area contributed by atoms with Crippen LogP contribution >= 0.6 is 0 Å². The highest BCUT2D eigenvalue weighted by Crippen LogP contribution is 2.14. The van der Waals surface area contributed by atoms with E-state index in [4.69, 9.17) is 9.31 Å². The predicted molar refractivity (Wildman–Crippen MR) is 99.8 cm³/mol. The smallest absolute Gasteiger partial charge is 0.529 e. The summed E-state index contributed by atoms with van der Waals surface area (Å²) in [5.74, 6) is 1.30. The third-order valence-electron chi connectivity index (χ3n) is 3.54. The van der Waals surface area contributed by atoms with Crippen LogP contribution in [0.2, 0.25) is 0 Å². The molecule has 0 atom stereocenters. The van der Waals surface area contributed by atoms with Crippen molar-refractivity contribution in [3.05, 3.63) is 59.7 Å². The minimum atomic E-state index is -0.476. The summed E-state index contributed by atoms with van der Waals surface area (Å²) in [5.41, 5.74) is 1.84. The maximum atomic E-state index is 11.0. The molecular formula is C18H21BN2O6. The Hall–Kier alpha value is -3.36. The van der Waals surface area contributed by atoms with Crippen molar-refractivity contribution >= 4 is 19.9 Å². The van der Waals surface area contributed by atoms with Gasteiger partial charge in [0.05, 0.1) is 14.2 Å². The molecule has 0 aliphatic carbocycles. The first-order chi connectivity index (χ1) is 13.1. The van der Waals surface area contributed by atoms with Crippen molar-refractivity contribution in [2.75, 3.05) is 14.2 Å². The van der Waals surface area contributed by atoms with Crippen LogP contribution in [0.25, 0.3) is 0 Å². The molecule has 2 amide bonds. The van der Waals surface area contributed by atoms with Gasteiger partial charge in [0.2, 0.25) is 0 Å². The van der Waals surface area contributed by atoms with Crippen molar-refractivity contribution in [3.8, 4) is 11.5 Å². The van der Waals surface area contributed by atoms with Gasteiger partial charge in [0.25, 0.3) is 0 Å². The number of hydrogen-bond donors (Lipinski definition) is 2. The number of methoxy groups -OCH3 is 2. The van der Waals surface area contributed by atoms with Gasteiger partial charge >= 0.3 is 19.9 Å². The van der Waals surface area contributed by atoms with Crippen LogP contribution in [0.4, 0.5) is 9.59 Å². The Balaban J connectivity index is 1.72. The quantitative estimate of drug-likeness (QED) is 0.690. The van der Waals surface area contributed by atoms with E-state index in [-0.39, 0.29) is 7.69 Å². The first kappa shape index (κ1) is 20.0. The lowest BCUT2D eigenvalue weighted by molar-refractivity contribution is 0.169. The maximum absolute atomic E-state index is 11.0. The average Bonchev–Trinajstić information content (AvgIpc) is 2.72. The van der Waals surface area contributed by atoms with Gasteiger partial charge in [0.1, 0.15) is 11.5 Å². The summed E-state index contributed by atoms with van der Waals surface area (Å²) in [4.78, 5) is 22.1. The van der Waals surface area contributed by atoms with E-state index in [1.165, 1.54) is 14.2 Å². The summed E-state index contributed by atoms with van der Waals surface area (Å²) >= 11 is 0. The molecular weight excluding hydrogens is 351 g/mol. The van der Waals surface area contributed by atoms with Gasteiger partial charge in [-0.25, -0.2) is 9.59 Å². The van der Waals surface area contributed by atoms with Crippen LogP contribution in [-0.4, -0.2) is 34.1 Å². The fourth-order valence-corrected chi connectivity index (χ4v) is 2.07.